The van der Waals surface area contributed by atoms with Crippen LogP contribution >= 0.6 is 0 Å². The number of rotatable bonds is 6. The molecule has 0 saturated carbocycles. The molecule has 0 spiro atoms. The fourth-order valence-electron chi connectivity index (χ4n) is 5.08. The summed E-state index contributed by atoms with van der Waals surface area (Å²) in [5, 5.41) is 2.63. The highest BCUT2D eigenvalue weighted by Gasteiger charge is 2.34. The summed E-state index contributed by atoms with van der Waals surface area (Å²) in [6, 6.07) is 12.9. The van der Waals surface area contributed by atoms with Gasteiger partial charge in [-0.2, -0.15) is 0 Å². The maximum absolute atomic E-state index is 13.2. The van der Waals surface area contributed by atoms with Gasteiger partial charge in [-0.25, -0.2) is 0 Å². The number of nitrogens with one attached hydrogen (secondary N) is 1. The van der Waals surface area contributed by atoms with Gasteiger partial charge in [0.1, 0.15) is 0 Å². The highest BCUT2D eigenvalue weighted by atomic mass is 16.2. The molecule has 1 N–H and O–H groups in total. The van der Waals surface area contributed by atoms with Crippen LogP contribution in [0.3, 0.4) is 0 Å². The van der Waals surface area contributed by atoms with E-state index in [9.17, 15) is 9.59 Å². The van der Waals surface area contributed by atoms with E-state index in [2.05, 4.69) is 47.5 Å². The molecular formula is C24H32N4O2. The molecule has 6 heteroatoms. The second-order valence-corrected chi connectivity index (χ2v) is 9.03. The average molecular weight is 409 g/mol. The number of benzene rings is 1. The van der Waals surface area contributed by atoms with E-state index in [0.717, 1.165) is 31.7 Å². The van der Waals surface area contributed by atoms with E-state index >= 15 is 0 Å². The minimum Gasteiger partial charge on any atom is -0.358 e. The van der Waals surface area contributed by atoms with E-state index in [1.54, 1.807) is 7.05 Å². The van der Waals surface area contributed by atoms with Gasteiger partial charge in [-0.15, -0.1) is 0 Å². The molecule has 160 valence electrons. The van der Waals surface area contributed by atoms with Gasteiger partial charge >= 0.3 is 0 Å². The molecule has 1 fully saturated rings. The summed E-state index contributed by atoms with van der Waals surface area (Å²) in [4.78, 5) is 29.2. The smallest absolute Gasteiger partial charge is 0.255 e. The summed E-state index contributed by atoms with van der Waals surface area (Å²) in [6.07, 6.45) is 1.17. The molecule has 0 unspecified atom stereocenters. The number of aryl methyl sites for hydroxylation is 1. The molecule has 6 nitrogen and oxygen atoms in total. The maximum atomic E-state index is 13.2. The number of hydrogen-bond acceptors (Lipinski definition) is 4. The summed E-state index contributed by atoms with van der Waals surface area (Å²) in [6.45, 7) is 6.72. The number of hydrogen-bond donors (Lipinski definition) is 1. The van der Waals surface area contributed by atoms with Crippen LogP contribution in [0.5, 0.6) is 0 Å². The van der Waals surface area contributed by atoms with Crippen molar-refractivity contribution in [2.75, 3.05) is 33.7 Å². The van der Waals surface area contributed by atoms with Gasteiger partial charge in [-0.05, 0) is 37.9 Å². The third kappa shape index (κ3) is 4.50. The Morgan fingerprint density at radius 1 is 1.20 bits per heavy atom. The number of fused-ring (bicyclic) bond motifs is 4. The molecule has 1 amide bonds. The third-order valence-corrected chi connectivity index (χ3v) is 6.38. The topological polar surface area (TPSA) is 57.6 Å². The minimum absolute atomic E-state index is 0.0428. The van der Waals surface area contributed by atoms with Gasteiger partial charge in [0.05, 0.1) is 6.54 Å². The van der Waals surface area contributed by atoms with Crippen LogP contribution in [-0.2, 0) is 24.4 Å². The monoisotopic (exact) mass is 408 g/mol. The molecule has 3 heterocycles. The van der Waals surface area contributed by atoms with Crippen molar-refractivity contribution in [1.82, 2.24) is 19.7 Å². The van der Waals surface area contributed by atoms with E-state index in [1.165, 1.54) is 23.2 Å². The predicted octanol–water partition coefficient (Wildman–Crippen LogP) is 1.95. The zero-order chi connectivity index (χ0) is 21.3. The molecule has 2 bridgehead atoms. The molecule has 1 saturated heterocycles. The van der Waals surface area contributed by atoms with Gasteiger partial charge in [0, 0.05) is 56.9 Å². The molecule has 4 rings (SSSR count). The summed E-state index contributed by atoms with van der Waals surface area (Å²) in [5.41, 5.74) is 4.71. The Morgan fingerprint density at radius 3 is 2.80 bits per heavy atom. The molecular weight excluding hydrogens is 376 g/mol. The molecule has 1 aromatic heterocycles. The van der Waals surface area contributed by atoms with Crippen molar-refractivity contribution in [2.24, 2.45) is 5.92 Å². The van der Waals surface area contributed by atoms with Crippen LogP contribution in [0.4, 0.5) is 0 Å². The second-order valence-electron chi connectivity index (χ2n) is 9.03. The van der Waals surface area contributed by atoms with Crippen LogP contribution < -0.4 is 10.9 Å². The lowest BCUT2D eigenvalue weighted by atomic mass is 9.82. The SMILES string of the molecule is CNC(=O)CN(C)Cc1ccc2n(c1=O)C[C@H]1C[C@@H]2CN(Cc2cccc(C)c2)C1. The number of aromatic nitrogens is 1. The van der Waals surface area contributed by atoms with Crippen molar-refractivity contribution in [3.8, 4) is 0 Å². The van der Waals surface area contributed by atoms with E-state index < -0.39 is 0 Å². The van der Waals surface area contributed by atoms with Crippen LogP contribution in [0.2, 0.25) is 0 Å². The molecule has 2 aliphatic heterocycles. The Kier molecular flexibility index (Phi) is 6.06. The molecule has 2 aliphatic rings. The first-order valence-corrected chi connectivity index (χ1v) is 10.8. The van der Waals surface area contributed by atoms with Crippen molar-refractivity contribution in [1.29, 1.82) is 0 Å². The first-order chi connectivity index (χ1) is 14.4. The Balaban J connectivity index is 1.49. The number of pyridine rings is 1. The minimum atomic E-state index is -0.0428. The van der Waals surface area contributed by atoms with Gasteiger partial charge in [0.25, 0.3) is 5.56 Å². The van der Waals surface area contributed by atoms with E-state index in [4.69, 9.17) is 0 Å². The summed E-state index contributed by atoms with van der Waals surface area (Å²) >= 11 is 0. The Bertz CT molecular complexity index is 983. The van der Waals surface area contributed by atoms with Crippen molar-refractivity contribution >= 4 is 5.91 Å². The summed E-state index contributed by atoms with van der Waals surface area (Å²) < 4.78 is 2.01. The maximum Gasteiger partial charge on any atom is 0.255 e. The van der Waals surface area contributed by atoms with Crippen molar-refractivity contribution in [2.45, 2.75) is 38.9 Å². The number of carbonyl (C=O) groups is 1. The molecule has 30 heavy (non-hydrogen) atoms. The van der Waals surface area contributed by atoms with Gasteiger partial charge in [0.2, 0.25) is 5.91 Å². The van der Waals surface area contributed by atoms with Crippen LogP contribution in [0.25, 0.3) is 0 Å². The lowest BCUT2D eigenvalue weighted by Gasteiger charge is -2.43. The highest BCUT2D eigenvalue weighted by Crippen LogP contribution is 2.35. The first-order valence-electron chi connectivity index (χ1n) is 10.8. The van der Waals surface area contributed by atoms with Crippen LogP contribution in [0, 0.1) is 12.8 Å². The number of likely N-dealkylation sites (N-methyl/N-ethyl adjacent to an activating group) is 2. The molecule has 2 atom stereocenters. The van der Waals surface area contributed by atoms with Gasteiger partial charge in [0.15, 0.2) is 0 Å². The molecule has 0 aliphatic carbocycles. The van der Waals surface area contributed by atoms with Gasteiger partial charge in [-0.3, -0.25) is 19.4 Å². The number of amides is 1. The lowest BCUT2D eigenvalue weighted by molar-refractivity contribution is -0.121. The quantitative estimate of drug-likeness (QED) is 0.794. The summed E-state index contributed by atoms with van der Waals surface area (Å²) in [5.74, 6) is 0.879. The Hall–Kier alpha value is -2.44. The fourth-order valence-corrected chi connectivity index (χ4v) is 5.08. The van der Waals surface area contributed by atoms with Crippen LogP contribution in [-0.4, -0.2) is 54.0 Å². The summed E-state index contributed by atoms with van der Waals surface area (Å²) in [7, 11) is 3.50. The van der Waals surface area contributed by atoms with Crippen LogP contribution in [0.15, 0.2) is 41.2 Å². The van der Waals surface area contributed by atoms with Gasteiger partial charge < -0.3 is 9.88 Å². The number of carbonyl (C=O) groups excluding carboxylic acids is 1. The number of likely N-dealkylation sites (tertiary alicyclic amines) is 1. The largest absolute Gasteiger partial charge is 0.358 e. The number of nitrogens with zero attached hydrogens (tertiary/aromatic N) is 3. The number of piperidine rings is 1. The average Bonchev–Trinajstić information content (AvgIpc) is 2.70. The Morgan fingerprint density at radius 2 is 2.03 bits per heavy atom. The van der Waals surface area contributed by atoms with Gasteiger partial charge in [-0.1, -0.05) is 35.9 Å². The van der Waals surface area contributed by atoms with Crippen molar-refractivity contribution in [3.05, 3.63) is 69.1 Å². The first kappa shape index (κ1) is 20.8. The standard InChI is InChI=1S/C24H32N4O2/c1-17-5-4-6-18(9-17)11-27-12-19-10-21(15-27)22-8-7-20(24(30)28(22)13-19)14-26(3)16-23(29)25-2/h4-9,19,21H,10-16H2,1-3H3,(H,25,29)/t19-,21+/m0/s1. The molecule has 2 aromatic rings. The van der Waals surface area contributed by atoms with E-state index in [1.807, 2.05) is 22.6 Å². The fraction of sp³-hybridized carbons (Fsp3) is 0.500. The predicted molar refractivity (Wildman–Crippen MR) is 118 cm³/mol. The normalized spacial score (nSPS) is 20.8. The van der Waals surface area contributed by atoms with E-state index in [-0.39, 0.29) is 18.0 Å². The second kappa shape index (κ2) is 8.74. The lowest BCUT2D eigenvalue weighted by Crippen LogP contribution is -2.47. The Labute approximate surface area is 178 Å². The highest BCUT2D eigenvalue weighted by molar-refractivity contribution is 5.77. The zero-order valence-corrected chi connectivity index (χ0v) is 18.2. The third-order valence-electron chi connectivity index (χ3n) is 6.38. The van der Waals surface area contributed by atoms with E-state index in [0.29, 0.717) is 18.4 Å². The van der Waals surface area contributed by atoms with Crippen molar-refractivity contribution in [3.63, 3.8) is 0 Å². The molecule has 1 aromatic carbocycles. The molecule has 0 radical (unpaired) electrons. The van der Waals surface area contributed by atoms with Crippen molar-refractivity contribution < 1.29 is 4.79 Å². The zero-order valence-electron chi connectivity index (χ0n) is 18.2. The van der Waals surface area contributed by atoms with Crippen LogP contribution in [0.1, 0.15) is 34.7 Å².